The molecule has 2 aromatic carbocycles. The summed E-state index contributed by atoms with van der Waals surface area (Å²) < 4.78 is 27.7. The van der Waals surface area contributed by atoms with E-state index in [1.807, 2.05) is 19.1 Å². The Morgan fingerprint density at radius 2 is 1.86 bits per heavy atom. The van der Waals surface area contributed by atoms with Gasteiger partial charge in [0.25, 0.3) is 0 Å². The molecule has 0 heterocycles. The number of carbonyl (C=O) groups is 1. The van der Waals surface area contributed by atoms with E-state index in [1.54, 1.807) is 6.07 Å². The Hall–Kier alpha value is -1.95. The van der Waals surface area contributed by atoms with Gasteiger partial charge < -0.3 is 10.6 Å². The average molecular weight is 355 g/mol. The molecule has 0 aliphatic heterocycles. The summed E-state index contributed by atoms with van der Waals surface area (Å²) in [7, 11) is 0. The van der Waals surface area contributed by atoms with Gasteiger partial charge in [-0.3, -0.25) is 4.79 Å². The summed E-state index contributed by atoms with van der Waals surface area (Å²) in [6.07, 6.45) is 0. The summed E-state index contributed by atoms with van der Waals surface area (Å²) in [6.45, 7) is 1.83. The van der Waals surface area contributed by atoms with E-state index >= 15 is 0 Å². The van der Waals surface area contributed by atoms with Crippen LogP contribution in [-0.4, -0.2) is 12.5 Å². The van der Waals surface area contributed by atoms with Crippen molar-refractivity contribution in [3.05, 3.63) is 58.1 Å². The largest absolute Gasteiger partial charge is 0.376 e. The fraction of sp³-hybridized carbons (Fsp3) is 0.133. The van der Waals surface area contributed by atoms with Crippen molar-refractivity contribution < 1.29 is 13.6 Å². The topological polar surface area (TPSA) is 41.1 Å². The number of benzene rings is 2. The average Bonchev–Trinajstić information content (AvgIpc) is 2.44. The zero-order valence-electron chi connectivity index (χ0n) is 11.2. The molecule has 1 amide bonds. The van der Waals surface area contributed by atoms with Crippen LogP contribution in [-0.2, 0) is 4.79 Å². The standard InChI is InChI=1S/C15H13BrF2N2O/c1-9-7-10(5-6-11(9)16)19-8-14(21)20-15-12(17)3-2-4-13(15)18/h2-7,19H,8H2,1H3,(H,20,21). The first-order valence-corrected chi connectivity index (χ1v) is 7.00. The number of amides is 1. The molecule has 0 unspecified atom stereocenters. The van der Waals surface area contributed by atoms with Gasteiger partial charge in [-0.2, -0.15) is 0 Å². The molecule has 6 heteroatoms. The fourth-order valence-electron chi connectivity index (χ4n) is 1.74. The van der Waals surface area contributed by atoms with Crippen molar-refractivity contribution in [2.45, 2.75) is 6.92 Å². The third-order valence-corrected chi connectivity index (χ3v) is 3.73. The van der Waals surface area contributed by atoms with Crippen LogP contribution in [0.1, 0.15) is 5.56 Å². The highest BCUT2D eigenvalue weighted by Gasteiger charge is 2.11. The summed E-state index contributed by atoms with van der Waals surface area (Å²) >= 11 is 3.38. The number of para-hydroxylation sites is 1. The molecule has 0 atom stereocenters. The van der Waals surface area contributed by atoms with Gasteiger partial charge >= 0.3 is 0 Å². The van der Waals surface area contributed by atoms with Crippen molar-refractivity contribution in [2.24, 2.45) is 0 Å². The molecule has 2 aromatic rings. The Labute approximate surface area is 129 Å². The molecule has 0 aliphatic carbocycles. The SMILES string of the molecule is Cc1cc(NCC(=O)Nc2c(F)cccc2F)ccc1Br. The van der Waals surface area contributed by atoms with Crippen LogP contribution < -0.4 is 10.6 Å². The summed E-state index contributed by atoms with van der Waals surface area (Å²) in [5.74, 6) is -2.13. The first-order chi connectivity index (χ1) is 9.97. The normalized spacial score (nSPS) is 10.3. The van der Waals surface area contributed by atoms with Crippen LogP contribution in [0.15, 0.2) is 40.9 Å². The first-order valence-electron chi connectivity index (χ1n) is 6.21. The van der Waals surface area contributed by atoms with Gasteiger partial charge in [0, 0.05) is 10.2 Å². The molecule has 2 rings (SSSR count). The molecule has 0 aromatic heterocycles. The van der Waals surface area contributed by atoms with E-state index in [0.717, 1.165) is 27.9 Å². The third kappa shape index (κ3) is 4.01. The van der Waals surface area contributed by atoms with Crippen LogP contribution in [0.5, 0.6) is 0 Å². The van der Waals surface area contributed by atoms with Gasteiger partial charge in [-0.05, 0) is 42.8 Å². The molecule has 0 saturated heterocycles. The number of carbonyl (C=O) groups excluding carboxylic acids is 1. The van der Waals surface area contributed by atoms with Crippen LogP contribution in [0, 0.1) is 18.6 Å². The Bertz CT molecular complexity index is 656. The molecule has 0 fully saturated rings. The molecule has 110 valence electrons. The Balaban J connectivity index is 1.97. The van der Waals surface area contributed by atoms with Crippen LogP contribution >= 0.6 is 15.9 Å². The van der Waals surface area contributed by atoms with E-state index in [9.17, 15) is 13.6 Å². The fourth-order valence-corrected chi connectivity index (χ4v) is 1.98. The molecule has 2 N–H and O–H groups in total. The molecular weight excluding hydrogens is 342 g/mol. The number of halogens is 3. The molecule has 3 nitrogen and oxygen atoms in total. The maximum absolute atomic E-state index is 13.4. The van der Waals surface area contributed by atoms with Crippen LogP contribution in [0.3, 0.4) is 0 Å². The lowest BCUT2D eigenvalue weighted by molar-refractivity contribution is -0.114. The summed E-state index contributed by atoms with van der Waals surface area (Å²) in [6, 6.07) is 8.93. The predicted molar refractivity (Wildman–Crippen MR) is 82.4 cm³/mol. The van der Waals surface area contributed by atoms with E-state index in [0.29, 0.717) is 0 Å². The highest BCUT2D eigenvalue weighted by Crippen LogP contribution is 2.20. The lowest BCUT2D eigenvalue weighted by Gasteiger charge is -2.10. The van der Waals surface area contributed by atoms with Gasteiger partial charge in [0.2, 0.25) is 5.91 Å². The van der Waals surface area contributed by atoms with Crippen LogP contribution in [0.2, 0.25) is 0 Å². The smallest absolute Gasteiger partial charge is 0.243 e. The van der Waals surface area contributed by atoms with Gasteiger partial charge in [-0.1, -0.05) is 22.0 Å². The number of anilines is 2. The second kappa shape index (κ2) is 6.67. The van der Waals surface area contributed by atoms with Gasteiger partial charge in [0.15, 0.2) is 0 Å². The van der Waals surface area contributed by atoms with Crippen molar-refractivity contribution in [1.82, 2.24) is 0 Å². The zero-order chi connectivity index (χ0) is 15.4. The van der Waals surface area contributed by atoms with Gasteiger partial charge in [0.05, 0.1) is 6.54 Å². The van der Waals surface area contributed by atoms with Crippen molar-refractivity contribution in [3.8, 4) is 0 Å². The van der Waals surface area contributed by atoms with Crippen molar-refractivity contribution >= 4 is 33.2 Å². The minimum absolute atomic E-state index is 0.0884. The Kier molecular flexibility index (Phi) is 4.90. The molecule has 0 aliphatic rings. The number of hydrogen-bond donors (Lipinski definition) is 2. The molecule has 21 heavy (non-hydrogen) atoms. The zero-order valence-corrected chi connectivity index (χ0v) is 12.8. The molecule has 0 radical (unpaired) electrons. The molecule has 0 bridgehead atoms. The lowest BCUT2D eigenvalue weighted by Crippen LogP contribution is -2.23. The highest BCUT2D eigenvalue weighted by molar-refractivity contribution is 9.10. The van der Waals surface area contributed by atoms with Crippen LogP contribution in [0.4, 0.5) is 20.2 Å². The second-order valence-corrected chi connectivity index (χ2v) is 5.32. The summed E-state index contributed by atoms with van der Waals surface area (Å²) in [4.78, 5) is 11.7. The van der Waals surface area contributed by atoms with Gasteiger partial charge in [-0.15, -0.1) is 0 Å². The number of rotatable bonds is 4. The first kappa shape index (κ1) is 15.4. The third-order valence-electron chi connectivity index (χ3n) is 2.84. The summed E-state index contributed by atoms with van der Waals surface area (Å²) in [5.41, 5.74) is 1.33. The maximum Gasteiger partial charge on any atom is 0.243 e. The minimum Gasteiger partial charge on any atom is -0.376 e. The van der Waals surface area contributed by atoms with Crippen molar-refractivity contribution in [1.29, 1.82) is 0 Å². The quantitative estimate of drug-likeness (QED) is 0.868. The van der Waals surface area contributed by atoms with E-state index in [2.05, 4.69) is 26.6 Å². The number of nitrogens with one attached hydrogen (secondary N) is 2. The minimum atomic E-state index is -0.803. The van der Waals surface area contributed by atoms with Gasteiger partial charge in [-0.25, -0.2) is 8.78 Å². The monoisotopic (exact) mass is 354 g/mol. The molecular formula is C15H13BrF2N2O. The van der Waals surface area contributed by atoms with E-state index in [4.69, 9.17) is 0 Å². The number of hydrogen-bond acceptors (Lipinski definition) is 2. The Morgan fingerprint density at radius 3 is 2.48 bits per heavy atom. The predicted octanol–water partition coefficient (Wildman–Crippen LogP) is 4.09. The molecule has 0 saturated carbocycles. The van der Waals surface area contributed by atoms with E-state index in [-0.39, 0.29) is 6.54 Å². The van der Waals surface area contributed by atoms with E-state index in [1.165, 1.54) is 6.07 Å². The molecule has 0 spiro atoms. The van der Waals surface area contributed by atoms with Crippen LogP contribution in [0.25, 0.3) is 0 Å². The van der Waals surface area contributed by atoms with E-state index < -0.39 is 23.2 Å². The maximum atomic E-state index is 13.4. The lowest BCUT2D eigenvalue weighted by atomic mass is 10.2. The van der Waals surface area contributed by atoms with Gasteiger partial charge in [0.1, 0.15) is 17.3 Å². The second-order valence-electron chi connectivity index (χ2n) is 4.46. The van der Waals surface area contributed by atoms with Crippen molar-refractivity contribution in [3.63, 3.8) is 0 Å². The number of aryl methyl sites for hydroxylation is 1. The van der Waals surface area contributed by atoms with Crippen molar-refractivity contribution in [2.75, 3.05) is 17.2 Å². The highest BCUT2D eigenvalue weighted by atomic mass is 79.9. The Morgan fingerprint density at radius 1 is 1.19 bits per heavy atom. The summed E-state index contributed by atoms with van der Waals surface area (Å²) in [5, 5.41) is 5.11.